The van der Waals surface area contributed by atoms with Crippen molar-refractivity contribution in [3.05, 3.63) is 0 Å². The fourth-order valence-corrected chi connectivity index (χ4v) is 0.437. The van der Waals surface area contributed by atoms with Gasteiger partial charge in [-0.1, -0.05) is 0 Å². The Morgan fingerprint density at radius 3 is 2.55 bits per heavy atom. The lowest BCUT2D eigenvalue weighted by Gasteiger charge is -2.04. The van der Waals surface area contributed by atoms with E-state index in [4.69, 9.17) is 10.8 Å². The van der Waals surface area contributed by atoms with Crippen LogP contribution in [-0.4, -0.2) is 36.1 Å². The molecule has 1 atom stereocenters. The first-order valence-corrected chi connectivity index (χ1v) is 3.20. The Morgan fingerprint density at radius 1 is 1.64 bits per heavy atom. The third-order valence-corrected chi connectivity index (χ3v) is 1.01. The third-order valence-electron chi connectivity index (χ3n) is 1.01. The van der Waals surface area contributed by atoms with Crippen molar-refractivity contribution < 1.29 is 19.4 Å². The number of carbonyl (C=O) groups is 2. The fourth-order valence-electron chi connectivity index (χ4n) is 0.437. The Kier molecular flexibility index (Phi) is 4.40. The molecule has 3 N–H and O–H groups in total. The van der Waals surface area contributed by atoms with E-state index in [1.165, 1.54) is 0 Å². The van der Waals surface area contributed by atoms with Gasteiger partial charge in [-0.15, -0.1) is 0 Å². The van der Waals surface area contributed by atoms with Gasteiger partial charge in [-0.2, -0.15) is 0 Å². The number of ketones is 1. The van der Waals surface area contributed by atoms with E-state index in [9.17, 15) is 9.59 Å². The summed E-state index contributed by atoms with van der Waals surface area (Å²) in [6, 6.07) is -1.16. The molecule has 0 aliphatic rings. The minimum atomic E-state index is -1.16. The molecule has 0 spiro atoms. The lowest BCUT2D eigenvalue weighted by Crippen LogP contribution is -2.39. The zero-order chi connectivity index (χ0) is 8.85. The predicted molar refractivity (Wildman–Crippen MR) is 36.7 cm³/mol. The van der Waals surface area contributed by atoms with Crippen LogP contribution in [0.15, 0.2) is 0 Å². The molecular weight excluding hydrogens is 150 g/mol. The maximum absolute atomic E-state index is 10.7. The zero-order valence-electron chi connectivity index (χ0n) is 6.24. The van der Waals surface area contributed by atoms with Gasteiger partial charge >= 0.3 is 5.97 Å². The van der Waals surface area contributed by atoms with Gasteiger partial charge in [0.15, 0.2) is 0 Å². The maximum atomic E-state index is 10.7. The zero-order valence-corrected chi connectivity index (χ0v) is 6.24. The summed E-state index contributed by atoms with van der Waals surface area (Å²) in [5.41, 5.74) is 5.05. The van der Waals surface area contributed by atoms with Crippen molar-refractivity contribution in [1.29, 1.82) is 0 Å². The number of hydrogen-bond acceptors (Lipinski definition) is 5. The Morgan fingerprint density at radius 2 is 2.18 bits per heavy atom. The summed E-state index contributed by atoms with van der Waals surface area (Å²) in [5.74, 6) is -1.89. The van der Waals surface area contributed by atoms with Gasteiger partial charge < -0.3 is 15.6 Å². The molecule has 0 saturated carbocycles. The van der Waals surface area contributed by atoms with E-state index in [2.05, 4.69) is 4.74 Å². The van der Waals surface area contributed by atoms with E-state index in [1.54, 1.807) is 6.92 Å². The van der Waals surface area contributed by atoms with Crippen molar-refractivity contribution in [2.45, 2.75) is 13.0 Å². The smallest absolute Gasteiger partial charge is 0.376 e. The van der Waals surface area contributed by atoms with Gasteiger partial charge in [0.2, 0.25) is 0 Å². The summed E-state index contributed by atoms with van der Waals surface area (Å²) >= 11 is 0. The molecule has 11 heavy (non-hydrogen) atoms. The number of carbonyl (C=O) groups excluding carboxylic acids is 2. The largest absolute Gasteiger partial charge is 0.460 e. The van der Waals surface area contributed by atoms with E-state index in [1.807, 2.05) is 0 Å². The van der Waals surface area contributed by atoms with E-state index in [-0.39, 0.29) is 6.61 Å². The summed E-state index contributed by atoms with van der Waals surface area (Å²) in [5, 5.41) is 8.37. The molecule has 64 valence electrons. The van der Waals surface area contributed by atoms with Crippen molar-refractivity contribution in [3.8, 4) is 0 Å². The molecule has 0 aromatic heterocycles. The van der Waals surface area contributed by atoms with Crippen LogP contribution in [0.3, 0.4) is 0 Å². The fraction of sp³-hybridized carbons (Fsp3) is 0.667. The van der Waals surface area contributed by atoms with E-state index >= 15 is 0 Å². The van der Waals surface area contributed by atoms with Crippen molar-refractivity contribution in [2.24, 2.45) is 5.73 Å². The summed E-state index contributed by atoms with van der Waals surface area (Å²) in [7, 11) is 0. The molecule has 0 radical (unpaired) electrons. The van der Waals surface area contributed by atoms with Crippen molar-refractivity contribution in [1.82, 2.24) is 0 Å². The quantitative estimate of drug-likeness (QED) is 0.384. The standard InChI is InChI=1S/C6H11NO4/c1-2-11-6(10)5(9)4(7)3-8/h4,8H,2-3,7H2,1H3. The summed E-state index contributed by atoms with van der Waals surface area (Å²) in [4.78, 5) is 21.3. The highest BCUT2D eigenvalue weighted by Gasteiger charge is 2.21. The summed E-state index contributed by atoms with van der Waals surface area (Å²) in [6.07, 6.45) is 0. The van der Waals surface area contributed by atoms with Gasteiger partial charge in [0, 0.05) is 0 Å². The average molecular weight is 161 g/mol. The molecule has 0 aromatic rings. The Balaban J connectivity index is 3.92. The normalized spacial score (nSPS) is 12.3. The molecule has 5 heteroatoms. The molecule has 0 aromatic carbocycles. The topological polar surface area (TPSA) is 89.6 Å². The average Bonchev–Trinajstić information content (AvgIpc) is 2.02. The van der Waals surface area contributed by atoms with Crippen LogP contribution < -0.4 is 5.73 Å². The molecular formula is C6H11NO4. The van der Waals surface area contributed by atoms with Crippen LogP contribution in [0, 0.1) is 0 Å². The predicted octanol–water partition coefficient (Wildman–Crippen LogP) is -1.56. The Hall–Kier alpha value is -0.940. The second-order valence-electron chi connectivity index (χ2n) is 1.87. The van der Waals surface area contributed by atoms with E-state index in [0.717, 1.165) is 0 Å². The Bertz CT molecular complexity index is 157. The molecule has 0 rings (SSSR count). The number of Topliss-reactive ketones (excluding diaryl/α,β-unsaturated/α-hetero) is 1. The summed E-state index contributed by atoms with van der Waals surface area (Å²) < 4.78 is 4.35. The minimum absolute atomic E-state index is 0.128. The number of esters is 1. The van der Waals surface area contributed by atoms with Crippen LogP contribution in [0.1, 0.15) is 6.92 Å². The molecule has 1 unspecified atom stereocenters. The van der Waals surface area contributed by atoms with Gasteiger partial charge in [-0.25, -0.2) is 4.79 Å². The molecule has 0 heterocycles. The highest BCUT2D eigenvalue weighted by molar-refractivity contribution is 6.35. The van der Waals surface area contributed by atoms with Gasteiger partial charge in [-0.3, -0.25) is 4.79 Å². The highest BCUT2D eigenvalue weighted by atomic mass is 16.5. The second kappa shape index (κ2) is 4.81. The minimum Gasteiger partial charge on any atom is -0.460 e. The van der Waals surface area contributed by atoms with Crippen molar-refractivity contribution >= 4 is 11.8 Å². The first-order valence-electron chi connectivity index (χ1n) is 3.20. The number of hydrogen-bond donors (Lipinski definition) is 2. The van der Waals surface area contributed by atoms with Crippen LogP contribution in [-0.2, 0) is 14.3 Å². The van der Waals surface area contributed by atoms with Crippen LogP contribution in [0.2, 0.25) is 0 Å². The van der Waals surface area contributed by atoms with E-state index < -0.39 is 24.4 Å². The first-order chi connectivity index (χ1) is 5.13. The number of rotatable bonds is 4. The van der Waals surface area contributed by atoms with Crippen LogP contribution in [0.4, 0.5) is 0 Å². The van der Waals surface area contributed by atoms with Crippen LogP contribution in [0.5, 0.6) is 0 Å². The molecule has 0 aliphatic carbocycles. The molecule has 0 fully saturated rings. The van der Waals surface area contributed by atoms with Gasteiger partial charge in [-0.05, 0) is 6.92 Å². The molecule has 5 nitrogen and oxygen atoms in total. The second-order valence-corrected chi connectivity index (χ2v) is 1.87. The number of ether oxygens (including phenoxy) is 1. The number of nitrogens with two attached hydrogens (primary N) is 1. The molecule has 0 amide bonds. The van der Waals surface area contributed by atoms with Crippen molar-refractivity contribution in [3.63, 3.8) is 0 Å². The number of aliphatic hydroxyl groups is 1. The van der Waals surface area contributed by atoms with Crippen LogP contribution >= 0.6 is 0 Å². The monoisotopic (exact) mass is 161 g/mol. The molecule has 0 aliphatic heterocycles. The van der Waals surface area contributed by atoms with Gasteiger partial charge in [0.05, 0.1) is 19.3 Å². The first kappa shape index (κ1) is 10.1. The lowest BCUT2D eigenvalue weighted by atomic mass is 10.2. The lowest BCUT2D eigenvalue weighted by molar-refractivity contribution is -0.154. The maximum Gasteiger partial charge on any atom is 0.376 e. The van der Waals surface area contributed by atoms with Gasteiger partial charge in [0.25, 0.3) is 5.78 Å². The number of aliphatic hydroxyl groups excluding tert-OH is 1. The third kappa shape index (κ3) is 3.10. The SMILES string of the molecule is CCOC(=O)C(=O)C(N)CO. The molecule has 0 saturated heterocycles. The highest BCUT2D eigenvalue weighted by Crippen LogP contribution is 1.85. The van der Waals surface area contributed by atoms with E-state index in [0.29, 0.717) is 0 Å². The van der Waals surface area contributed by atoms with Crippen LogP contribution in [0.25, 0.3) is 0 Å². The molecule has 0 bridgehead atoms. The summed E-state index contributed by atoms with van der Waals surface area (Å²) in [6.45, 7) is 1.16. The van der Waals surface area contributed by atoms with Crippen molar-refractivity contribution in [2.75, 3.05) is 13.2 Å². The Labute approximate surface area is 64.1 Å². The van der Waals surface area contributed by atoms with Gasteiger partial charge in [0.1, 0.15) is 0 Å².